The van der Waals surface area contributed by atoms with Gasteiger partial charge in [-0.25, -0.2) is 8.78 Å². The van der Waals surface area contributed by atoms with E-state index in [9.17, 15) is 18.4 Å². The van der Waals surface area contributed by atoms with Crippen LogP contribution < -0.4 is 10.6 Å². The number of pyridine rings is 2. The monoisotopic (exact) mass is 306 g/mol. The van der Waals surface area contributed by atoms with Gasteiger partial charge in [0.25, 0.3) is 0 Å². The highest BCUT2D eigenvalue weighted by Gasteiger charge is 2.09. The first-order valence-electron chi connectivity index (χ1n) is 6.34. The summed E-state index contributed by atoms with van der Waals surface area (Å²) in [5.74, 6) is -2.07. The summed E-state index contributed by atoms with van der Waals surface area (Å²) in [6.07, 6.45) is 4.39. The first kappa shape index (κ1) is 15.5. The molecule has 0 atom stereocenters. The third-order valence-electron chi connectivity index (χ3n) is 2.56. The molecule has 2 amide bonds. The van der Waals surface area contributed by atoms with Crippen molar-refractivity contribution in [2.75, 3.05) is 10.6 Å². The summed E-state index contributed by atoms with van der Waals surface area (Å²) in [4.78, 5) is 30.4. The van der Waals surface area contributed by atoms with E-state index < -0.39 is 23.4 Å². The molecule has 0 unspecified atom stereocenters. The van der Waals surface area contributed by atoms with E-state index in [1.165, 1.54) is 12.4 Å². The molecule has 0 bridgehead atoms. The SMILES string of the molecule is O=C(CCC(=O)Nc1cncc(F)c1)Nc1cncc(F)c1. The molecule has 0 aliphatic heterocycles. The largest absolute Gasteiger partial charge is 0.325 e. The number of rotatable bonds is 5. The van der Waals surface area contributed by atoms with Gasteiger partial charge in [0.05, 0.1) is 36.2 Å². The van der Waals surface area contributed by atoms with Crippen LogP contribution in [-0.2, 0) is 9.59 Å². The third kappa shape index (κ3) is 4.89. The Kier molecular flexibility index (Phi) is 5.07. The fourth-order valence-electron chi connectivity index (χ4n) is 1.63. The molecule has 2 aromatic rings. The number of amides is 2. The van der Waals surface area contributed by atoms with Crippen LogP contribution in [0.5, 0.6) is 0 Å². The summed E-state index contributed by atoms with van der Waals surface area (Å²) >= 11 is 0. The fraction of sp³-hybridized carbons (Fsp3) is 0.143. The minimum Gasteiger partial charge on any atom is -0.325 e. The number of carbonyl (C=O) groups is 2. The normalized spacial score (nSPS) is 10.1. The molecule has 2 N–H and O–H groups in total. The van der Waals surface area contributed by atoms with Gasteiger partial charge in [-0.2, -0.15) is 0 Å². The van der Waals surface area contributed by atoms with Gasteiger partial charge in [0.15, 0.2) is 0 Å². The Labute approximate surface area is 124 Å². The molecular formula is C14H12F2N4O2. The summed E-state index contributed by atoms with van der Waals surface area (Å²) < 4.78 is 25.8. The predicted molar refractivity (Wildman–Crippen MR) is 74.9 cm³/mol. The van der Waals surface area contributed by atoms with Crippen molar-refractivity contribution in [1.29, 1.82) is 0 Å². The van der Waals surface area contributed by atoms with Crippen LogP contribution in [0.25, 0.3) is 0 Å². The quantitative estimate of drug-likeness (QED) is 0.886. The number of hydrogen-bond acceptors (Lipinski definition) is 4. The van der Waals surface area contributed by atoms with E-state index in [4.69, 9.17) is 0 Å². The molecule has 2 rings (SSSR count). The number of aromatic nitrogens is 2. The van der Waals surface area contributed by atoms with Gasteiger partial charge in [0, 0.05) is 25.0 Å². The van der Waals surface area contributed by atoms with Gasteiger partial charge in [-0.05, 0) is 0 Å². The summed E-state index contributed by atoms with van der Waals surface area (Å²) in [7, 11) is 0. The summed E-state index contributed by atoms with van der Waals surface area (Å²) in [6, 6.07) is 2.23. The van der Waals surface area contributed by atoms with Gasteiger partial charge >= 0.3 is 0 Å². The second-order valence-corrected chi connectivity index (χ2v) is 4.38. The molecular weight excluding hydrogens is 294 g/mol. The smallest absolute Gasteiger partial charge is 0.224 e. The van der Waals surface area contributed by atoms with E-state index in [1.54, 1.807) is 0 Å². The Morgan fingerprint density at radius 1 is 0.818 bits per heavy atom. The zero-order valence-corrected chi connectivity index (χ0v) is 11.3. The molecule has 6 nitrogen and oxygen atoms in total. The van der Waals surface area contributed by atoms with Gasteiger partial charge in [-0.3, -0.25) is 19.6 Å². The second kappa shape index (κ2) is 7.21. The number of hydrogen-bond donors (Lipinski definition) is 2. The maximum atomic E-state index is 12.9. The van der Waals surface area contributed by atoms with Gasteiger partial charge in [0.2, 0.25) is 11.8 Å². The summed E-state index contributed by atoms with van der Waals surface area (Å²) in [5.41, 5.74) is 0.416. The minimum absolute atomic E-state index is 0.106. The third-order valence-corrected chi connectivity index (χ3v) is 2.56. The van der Waals surface area contributed by atoms with Crippen LogP contribution in [0.15, 0.2) is 36.9 Å². The summed E-state index contributed by atoms with van der Waals surface area (Å²) in [6.45, 7) is 0. The fourth-order valence-corrected chi connectivity index (χ4v) is 1.63. The molecule has 114 valence electrons. The molecule has 8 heteroatoms. The van der Waals surface area contributed by atoms with Crippen LogP contribution >= 0.6 is 0 Å². The van der Waals surface area contributed by atoms with Crippen LogP contribution in [0.3, 0.4) is 0 Å². The number of nitrogens with zero attached hydrogens (tertiary/aromatic N) is 2. The first-order chi connectivity index (χ1) is 10.5. The van der Waals surface area contributed by atoms with Crippen molar-refractivity contribution >= 4 is 23.2 Å². The molecule has 0 fully saturated rings. The van der Waals surface area contributed by atoms with Crippen LogP contribution in [-0.4, -0.2) is 21.8 Å². The molecule has 0 aromatic carbocycles. The Bertz CT molecular complexity index is 635. The van der Waals surface area contributed by atoms with Crippen LogP contribution in [0.2, 0.25) is 0 Å². The average molecular weight is 306 g/mol. The van der Waals surface area contributed by atoms with Crippen LogP contribution in [0.1, 0.15) is 12.8 Å². The zero-order chi connectivity index (χ0) is 15.9. The Morgan fingerprint density at radius 3 is 1.59 bits per heavy atom. The molecule has 0 aliphatic carbocycles. The highest BCUT2D eigenvalue weighted by atomic mass is 19.1. The van der Waals surface area contributed by atoms with Crippen molar-refractivity contribution in [3.63, 3.8) is 0 Å². The maximum absolute atomic E-state index is 12.9. The summed E-state index contributed by atoms with van der Waals surface area (Å²) in [5, 5.41) is 4.83. The van der Waals surface area contributed by atoms with Crippen LogP contribution in [0, 0.1) is 11.6 Å². The van der Waals surface area contributed by atoms with Crippen molar-refractivity contribution < 1.29 is 18.4 Å². The average Bonchev–Trinajstić information content (AvgIpc) is 2.45. The van der Waals surface area contributed by atoms with E-state index >= 15 is 0 Å². The maximum Gasteiger partial charge on any atom is 0.224 e. The first-order valence-corrected chi connectivity index (χ1v) is 6.34. The molecule has 0 saturated heterocycles. The molecule has 0 radical (unpaired) electrons. The van der Waals surface area contributed by atoms with Crippen molar-refractivity contribution in [3.05, 3.63) is 48.6 Å². The zero-order valence-electron chi connectivity index (χ0n) is 11.3. The van der Waals surface area contributed by atoms with Crippen molar-refractivity contribution in [3.8, 4) is 0 Å². The van der Waals surface area contributed by atoms with Crippen molar-refractivity contribution in [1.82, 2.24) is 9.97 Å². The topological polar surface area (TPSA) is 84.0 Å². The standard InChI is InChI=1S/C14H12F2N4O2/c15-9-3-11(7-17-5-9)19-13(21)1-2-14(22)20-12-4-10(16)6-18-8-12/h3-8H,1-2H2,(H,19,21)(H,20,22). The Morgan fingerprint density at radius 2 is 1.23 bits per heavy atom. The van der Waals surface area contributed by atoms with E-state index in [0.717, 1.165) is 24.5 Å². The lowest BCUT2D eigenvalue weighted by Gasteiger charge is -2.06. The molecule has 0 spiro atoms. The highest BCUT2D eigenvalue weighted by molar-refractivity contribution is 5.96. The predicted octanol–water partition coefficient (Wildman–Crippen LogP) is 2.11. The minimum atomic E-state index is -0.575. The van der Waals surface area contributed by atoms with Crippen LogP contribution in [0.4, 0.5) is 20.2 Å². The van der Waals surface area contributed by atoms with Gasteiger partial charge in [-0.1, -0.05) is 0 Å². The van der Waals surface area contributed by atoms with Crippen molar-refractivity contribution in [2.24, 2.45) is 0 Å². The highest BCUT2D eigenvalue weighted by Crippen LogP contribution is 2.09. The molecule has 2 aromatic heterocycles. The lowest BCUT2D eigenvalue weighted by atomic mass is 10.2. The van der Waals surface area contributed by atoms with Gasteiger partial charge in [-0.15, -0.1) is 0 Å². The number of anilines is 2. The van der Waals surface area contributed by atoms with E-state index in [1.807, 2.05) is 0 Å². The number of carbonyl (C=O) groups excluding carboxylic acids is 2. The lowest BCUT2D eigenvalue weighted by molar-refractivity contribution is -0.121. The van der Waals surface area contributed by atoms with Crippen molar-refractivity contribution in [2.45, 2.75) is 12.8 Å². The van der Waals surface area contributed by atoms with E-state index in [0.29, 0.717) is 0 Å². The molecule has 2 heterocycles. The number of halogens is 2. The van der Waals surface area contributed by atoms with Gasteiger partial charge in [0.1, 0.15) is 11.6 Å². The number of nitrogens with one attached hydrogen (secondary N) is 2. The molecule has 22 heavy (non-hydrogen) atoms. The van der Waals surface area contributed by atoms with E-state index in [2.05, 4.69) is 20.6 Å². The lowest BCUT2D eigenvalue weighted by Crippen LogP contribution is -2.17. The Balaban J connectivity index is 1.79. The second-order valence-electron chi connectivity index (χ2n) is 4.38. The molecule has 0 saturated carbocycles. The molecule has 0 aliphatic rings. The van der Waals surface area contributed by atoms with Gasteiger partial charge < -0.3 is 10.6 Å². The Hall–Kier alpha value is -2.90. The van der Waals surface area contributed by atoms with E-state index in [-0.39, 0.29) is 24.2 Å².